The van der Waals surface area contributed by atoms with E-state index >= 15 is 0 Å². The first kappa shape index (κ1) is 25.1. The number of amides is 1. The van der Waals surface area contributed by atoms with Crippen molar-refractivity contribution >= 4 is 50.0 Å². The van der Waals surface area contributed by atoms with Gasteiger partial charge in [0.15, 0.2) is 5.13 Å². The van der Waals surface area contributed by atoms with Crippen molar-refractivity contribution in [1.82, 2.24) is 24.8 Å². The van der Waals surface area contributed by atoms with Crippen LogP contribution in [0.3, 0.4) is 0 Å². The van der Waals surface area contributed by atoms with E-state index in [2.05, 4.69) is 57.4 Å². The van der Waals surface area contributed by atoms with Crippen LogP contribution in [0.2, 0.25) is 0 Å². The van der Waals surface area contributed by atoms with Gasteiger partial charge in [0.1, 0.15) is 28.6 Å². The number of aliphatic hydroxyl groups excluding tert-OH is 1. The number of carbonyl (C=O) groups is 1. The molecular weight excluding hydrogens is 486 g/mol. The molecule has 0 atom stereocenters. The number of nitrogens with one attached hydrogen (secondary N) is 1. The van der Waals surface area contributed by atoms with Crippen LogP contribution in [0.15, 0.2) is 54.7 Å². The van der Waals surface area contributed by atoms with E-state index in [1.165, 1.54) is 22.5 Å². The lowest BCUT2D eigenvalue weighted by atomic mass is 10.1. The number of aryl methyl sites for hydroxylation is 1. The number of rotatable bonds is 8. The van der Waals surface area contributed by atoms with Gasteiger partial charge in [0.2, 0.25) is 5.91 Å². The zero-order valence-electron chi connectivity index (χ0n) is 21.1. The van der Waals surface area contributed by atoms with Crippen LogP contribution >= 0.6 is 11.3 Å². The highest BCUT2D eigenvalue weighted by Gasteiger charge is 2.20. The van der Waals surface area contributed by atoms with Gasteiger partial charge in [-0.15, -0.1) is 0 Å². The first-order valence-corrected chi connectivity index (χ1v) is 13.2. The molecule has 0 saturated carbocycles. The van der Waals surface area contributed by atoms with E-state index in [1.54, 1.807) is 4.90 Å². The van der Waals surface area contributed by atoms with Crippen molar-refractivity contribution in [2.24, 2.45) is 0 Å². The molecule has 0 spiro atoms. The van der Waals surface area contributed by atoms with Crippen molar-refractivity contribution in [3.05, 3.63) is 65.9 Å². The molecule has 10 heteroatoms. The van der Waals surface area contributed by atoms with Crippen molar-refractivity contribution in [3.63, 3.8) is 0 Å². The zero-order valence-corrected chi connectivity index (χ0v) is 21.9. The second-order valence-corrected chi connectivity index (χ2v) is 10.2. The van der Waals surface area contributed by atoms with Crippen LogP contribution in [-0.2, 0) is 11.2 Å². The lowest BCUT2D eigenvalue weighted by Crippen LogP contribution is -2.49. The Bertz CT molecular complexity index is 1370. The maximum absolute atomic E-state index is 11.6. The lowest BCUT2D eigenvalue weighted by molar-refractivity contribution is -0.135. The molecule has 3 aromatic heterocycles. The summed E-state index contributed by atoms with van der Waals surface area (Å²) in [7, 11) is 2.02. The van der Waals surface area contributed by atoms with E-state index in [0.717, 1.165) is 58.9 Å². The Hall–Kier alpha value is -3.60. The number of piperazine rings is 1. The average Bonchev–Trinajstić information content (AvgIpc) is 3.33. The molecule has 9 nitrogen and oxygen atoms in total. The fraction of sp³-hybridized carbons (Fsp3) is 0.333. The average molecular weight is 518 g/mol. The third-order valence-corrected chi connectivity index (χ3v) is 7.52. The smallest absolute Gasteiger partial charge is 0.248 e. The number of hydrogen-bond donors (Lipinski definition) is 2. The van der Waals surface area contributed by atoms with Gasteiger partial charge in [-0.1, -0.05) is 29.0 Å². The largest absolute Gasteiger partial charge is 0.387 e. The first-order valence-electron chi connectivity index (χ1n) is 12.4. The highest BCUT2D eigenvalue weighted by atomic mass is 32.1. The van der Waals surface area contributed by atoms with Crippen LogP contribution in [0.25, 0.3) is 10.3 Å². The van der Waals surface area contributed by atoms with Gasteiger partial charge in [0.25, 0.3) is 0 Å². The Morgan fingerprint density at radius 2 is 1.86 bits per heavy atom. The molecule has 1 amide bonds. The monoisotopic (exact) mass is 517 g/mol. The molecule has 4 aromatic rings. The fourth-order valence-electron chi connectivity index (χ4n) is 4.36. The van der Waals surface area contributed by atoms with Gasteiger partial charge in [-0.2, -0.15) is 0 Å². The summed E-state index contributed by atoms with van der Waals surface area (Å²) in [5.74, 6) is 1.43. The van der Waals surface area contributed by atoms with E-state index in [4.69, 9.17) is 15.1 Å². The number of anilines is 4. The van der Waals surface area contributed by atoms with Crippen LogP contribution in [0.5, 0.6) is 0 Å². The normalized spacial score (nSPS) is 14.2. The van der Waals surface area contributed by atoms with Gasteiger partial charge in [0, 0.05) is 51.7 Å². The maximum Gasteiger partial charge on any atom is 0.248 e. The highest BCUT2D eigenvalue weighted by molar-refractivity contribution is 7.21. The molecule has 4 heterocycles. The molecule has 0 radical (unpaired) electrons. The quantitative estimate of drug-likeness (QED) is 0.366. The van der Waals surface area contributed by atoms with E-state index in [0.29, 0.717) is 13.1 Å². The Kier molecular flexibility index (Phi) is 7.59. The maximum atomic E-state index is 11.6. The van der Waals surface area contributed by atoms with Gasteiger partial charge >= 0.3 is 0 Å². The Morgan fingerprint density at radius 1 is 1.08 bits per heavy atom. The Morgan fingerprint density at radius 3 is 2.62 bits per heavy atom. The summed E-state index contributed by atoms with van der Waals surface area (Å²) in [4.78, 5) is 32.7. The second-order valence-electron chi connectivity index (χ2n) is 9.21. The van der Waals surface area contributed by atoms with E-state index in [-0.39, 0.29) is 5.91 Å². The van der Waals surface area contributed by atoms with Crippen molar-refractivity contribution in [2.75, 3.05) is 56.6 Å². The summed E-state index contributed by atoms with van der Waals surface area (Å²) < 4.78 is 0. The minimum absolute atomic E-state index is 0.191. The Labute approximate surface area is 220 Å². The summed E-state index contributed by atoms with van der Waals surface area (Å²) >= 11 is 1.51. The van der Waals surface area contributed by atoms with Crippen molar-refractivity contribution in [2.45, 2.75) is 13.3 Å². The molecule has 1 aromatic carbocycles. The number of aliphatic hydroxyl groups is 1. The predicted octanol–water partition coefficient (Wildman–Crippen LogP) is 3.59. The van der Waals surface area contributed by atoms with E-state index < -0.39 is 6.61 Å². The molecule has 1 fully saturated rings. The number of fused-ring (bicyclic) bond motifs is 1. The Balaban J connectivity index is 1.20. The summed E-state index contributed by atoms with van der Waals surface area (Å²) in [6.07, 6.45) is 2.71. The number of benzene rings is 1. The van der Waals surface area contributed by atoms with E-state index in [9.17, 15) is 4.79 Å². The minimum Gasteiger partial charge on any atom is -0.387 e. The third-order valence-electron chi connectivity index (χ3n) is 6.64. The molecule has 0 unspecified atom stereocenters. The van der Waals surface area contributed by atoms with Crippen LogP contribution in [0, 0.1) is 6.92 Å². The summed E-state index contributed by atoms with van der Waals surface area (Å²) in [6.45, 7) is 5.55. The highest BCUT2D eigenvalue weighted by Crippen LogP contribution is 2.30. The molecule has 37 heavy (non-hydrogen) atoms. The van der Waals surface area contributed by atoms with Gasteiger partial charge in [-0.05, 0) is 55.3 Å². The molecule has 1 saturated heterocycles. The van der Waals surface area contributed by atoms with Gasteiger partial charge in [-0.25, -0.2) is 15.0 Å². The third kappa shape index (κ3) is 6.04. The summed E-state index contributed by atoms with van der Waals surface area (Å²) in [5.41, 5.74) is 4.35. The molecule has 2 N–H and O–H groups in total. The first-order chi connectivity index (χ1) is 18.0. The number of carbonyl (C=O) groups excluding carboxylic acids is 1. The number of hydrogen-bond acceptors (Lipinski definition) is 9. The molecule has 0 aliphatic carbocycles. The summed E-state index contributed by atoms with van der Waals surface area (Å²) in [6, 6.07) is 16.5. The van der Waals surface area contributed by atoms with E-state index in [1.807, 2.05) is 31.4 Å². The molecular formula is C27H31N7O2S. The zero-order chi connectivity index (χ0) is 25.8. The number of aromatic nitrogens is 3. The number of thiazole rings is 1. The minimum atomic E-state index is -0.414. The van der Waals surface area contributed by atoms with Crippen molar-refractivity contribution in [3.8, 4) is 0 Å². The van der Waals surface area contributed by atoms with Crippen LogP contribution in [0.4, 0.5) is 22.5 Å². The van der Waals surface area contributed by atoms with Crippen molar-refractivity contribution < 1.29 is 9.90 Å². The molecule has 1 aliphatic rings. The SMILES string of the molecule is Cc1ccc(N(C)c2ccc3nc(Nc4cc(CCN5CCN(C(=O)CO)CC5)ccn4)sc3n2)cc1. The molecule has 0 bridgehead atoms. The second kappa shape index (κ2) is 11.2. The molecule has 5 rings (SSSR count). The lowest BCUT2D eigenvalue weighted by Gasteiger charge is -2.34. The number of nitrogens with zero attached hydrogens (tertiary/aromatic N) is 6. The van der Waals surface area contributed by atoms with Crippen molar-refractivity contribution in [1.29, 1.82) is 0 Å². The van der Waals surface area contributed by atoms with Crippen LogP contribution < -0.4 is 10.2 Å². The number of pyridine rings is 2. The van der Waals surface area contributed by atoms with Crippen LogP contribution in [-0.4, -0.2) is 82.1 Å². The predicted molar refractivity (Wildman–Crippen MR) is 148 cm³/mol. The topological polar surface area (TPSA) is 97.7 Å². The molecule has 192 valence electrons. The van der Waals surface area contributed by atoms with Gasteiger partial charge in [0.05, 0.1) is 0 Å². The molecule has 1 aliphatic heterocycles. The summed E-state index contributed by atoms with van der Waals surface area (Å²) in [5, 5.41) is 13.1. The van der Waals surface area contributed by atoms with Gasteiger partial charge in [-0.3, -0.25) is 9.69 Å². The standard InChI is InChI=1S/C27H31N7O2S/c1-19-3-5-21(6-4-19)32(2)24-8-7-22-26(31-24)37-27(29-22)30-23-17-20(9-11-28-23)10-12-33-13-15-34(16-14-33)25(36)18-35/h3-9,11,17,35H,10,12-16,18H2,1-2H3,(H,28,29,30). The van der Waals surface area contributed by atoms with Crippen LogP contribution in [0.1, 0.15) is 11.1 Å². The van der Waals surface area contributed by atoms with Gasteiger partial charge < -0.3 is 20.2 Å². The fourth-order valence-corrected chi connectivity index (χ4v) is 5.20.